The quantitative estimate of drug-likeness (QED) is 0.749. The number of hydrogen-bond acceptors (Lipinski definition) is 5. The molecule has 0 fully saturated rings. The van der Waals surface area contributed by atoms with Gasteiger partial charge >= 0.3 is 0 Å². The van der Waals surface area contributed by atoms with Gasteiger partial charge in [-0.2, -0.15) is 5.10 Å². The summed E-state index contributed by atoms with van der Waals surface area (Å²) >= 11 is 0. The highest BCUT2D eigenvalue weighted by molar-refractivity contribution is 7.90. The van der Waals surface area contributed by atoms with Crippen molar-refractivity contribution < 1.29 is 8.42 Å². The first kappa shape index (κ1) is 11.8. The van der Waals surface area contributed by atoms with Crippen LogP contribution in [0.1, 0.15) is 5.69 Å². The molecule has 7 nitrogen and oxygen atoms in total. The molecule has 0 amide bonds. The summed E-state index contributed by atoms with van der Waals surface area (Å²) in [4.78, 5) is 8.23. The lowest BCUT2D eigenvalue weighted by atomic mass is 10.3. The predicted octanol–water partition coefficient (Wildman–Crippen LogP) is 0.831. The van der Waals surface area contributed by atoms with Crippen molar-refractivity contribution in [2.75, 3.05) is 6.26 Å². The number of aromatic amines is 1. The van der Waals surface area contributed by atoms with Gasteiger partial charge < -0.3 is 0 Å². The first-order chi connectivity index (χ1) is 8.97. The summed E-state index contributed by atoms with van der Waals surface area (Å²) in [6.45, 7) is 1.74. The van der Waals surface area contributed by atoms with Gasteiger partial charge in [0.15, 0.2) is 20.5 Å². The number of fused-ring (bicyclic) bond motifs is 1. The average Bonchev–Trinajstić information content (AvgIpc) is 2.93. The summed E-state index contributed by atoms with van der Waals surface area (Å²) in [5.74, 6) is 0. The number of rotatable bonds is 2. The normalized spacial score (nSPS) is 12.1. The Morgan fingerprint density at radius 2 is 2.11 bits per heavy atom. The summed E-state index contributed by atoms with van der Waals surface area (Å²) in [5.41, 5.74) is 2.52. The maximum atomic E-state index is 11.8. The third-order valence-electron chi connectivity index (χ3n) is 2.73. The summed E-state index contributed by atoms with van der Waals surface area (Å²) in [6, 6.07) is 0. The number of imidazole rings is 1. The predicted molar refractivity (Wildman–Crippen MR) is 68.4 cm³/mol. The molecule has 0 saturated carbocycles. The fourth-order valence-electron chi connectivity index (χ4n) is 1.93. The molecule has 3 aromatic rings. The van der Waals surface area contributed by atoms with Crippen LogP contribution in [-0.2, 0) is 9.84 Å². The molecule has 19 heavy (non-hydrogen) atoms. The highest BCUT2D eigenvalue weighted by Crippen LogP contribution is 2.23. The van der Waals surface area contributed by atoms with Gasteiger partial charge in [-0.15, -0.1) is 0 Å². The molecule has 0 radical (unpaired) electrons. The third-order valence-corrected chi connectivity index (χ3v) is 3.70. The van der Waals surface area contributed by atoms with Crippen molar-refractivity contribution in [1.29, 1.82) is 0 Å². The fraction of sp³-hybridized carbons (Fsp3) is 0.182. The van der Waals surface area contributed by atoms with E-state index in [9.17, 15) is 8.42 Å². The largest absolute Gasteiger partial charge is 0.295 e. The lowest BCUT2D eigenvalue weighted by Gasteiger charge is -2.04. The van der Waals surface area contributed by atoms with Gasteiger partial charge in [-0.05, 0) is 6.92 Å². The van der Waals surface area contributed by atoms with E-state index in [1.165, 1.54) is 0 Å². The third kappa shape index (κ3) is 1.89. The molecule has 8 heteroatoms. The van der Waals surface area contributed by atoms with E-state index < -0.39 is 9.84 Å². The van der Waals surface area contributed by atoms with Gasteiger partial charge in [0.2, 0.25) is 0 Å². The molecule has 0 aromatic carbocycles. The molecule has 1 N–H and O–H groups in total. The van der Waals surface area contributed by atoms with E-state index >= 15 is 0 Å². The molecule has 0 bridgehead atoms. The number of sulfone groups is 1. The van der Waals surface area contributed by atoms with Crippen LogP contribution in [0, 0.1) is 6.92 Å². The second-order valence-corrected chi connectivity index (χ2v) is 6.21. The minimum atomic E-state index is -3.43. The number of nitrogens with one attached hydrogen (secondary N) is 1. The lowest BCUT2D eigenvalue weighted by Crippen LogP contribution is -2.06. The van der Waals surface area contributed by atoms with Crippen molar-refractivity contribution in [2.45, 2.75) is 11.9 Å². The molecular weight excluding hydrogens is 266 g/mol. The van der Waals surface area contributed by atoms with Crippen LogP contribution in [0.25, 0.3) is 16.9 Å². The molecule has 3 rings (SSSR count). The van der Waals surface area contributed by atoms with Gasteiger partial charge in [-0.3, -0.25) is 9.50 Å². The van der Waals surface area contributed by atoms with Crippen LogP contribution >= 0.6 is 0 Å². The zero-order valence-electron chi connectivity index (χ0n) is 10.3. The van der Waals surface area contributed by atoms with Gasteiger partial charge in [0.05, 0.1) is 23.8 Å². The summed E-state index contributed by atoms with van der Waals surface area (Å²) in [7, 11) is -3.43. The van der Waals surface area contributed by atoms with E-state index in [0.717, 1.165) is 17.5 Å². The molecule has 0 atom stereocenters. The SMILES string of the molecule is Cc1cn2c(-c3cn[nH]c3)cnc2c(S(C)(=O)=O)n1. The van der Waals surface area contributed by atoms with Crippen LogP contribution in [-0.4, -0.2) is 39.2 Å². The molecule has 3 aromatic heterocycles. The highest BCUT2D eigenvalue weighted by Gasteiger charge is 2.19. The molecule has 0 unspecified atom stereocenters. The molecule has 3 heterocycles. The first-order valence-electron chi connectivity index (χ1n) is 5.51. The van der Waals surface area contributed by atoms with Crippen LogP contribution in [0.4, 0.5) is 0 Å². The van der Waals surface area contributed by atoms with E-state index in [1.54, 1.807) is 36.1 Å². The number of aromatic nitrogens is 5. The van der Waals surface area contributed by atoms with Gasteiger partial charge in [0, 0.05) is 24.2 Å². The van der Waals surface area contributed by atoms with E-state index in [1.807, 2.05) is 0 Å². The maximum absolute atomic E-state index is 11.8. The van der Waals surface area contributed by atoms with Gasteiger partial charge in [0.25, 0.3) is 0 Å². The van der Waals surface area contributed by atoms with Crippen molar-refractivity contribution >= 4 is 15.5 Å². The van der Waals surface area contributed by atoms with E-state index in [0.29, 0.717) is 11.3 Å². The van der Waals surface area contributed by atoms with E-state index in [-0.39, 0.29) is 5.03 Å². The molecule has 98 valence electrons. The number of aryl methyl sites for hydroxylation is 1. The second-order valence-electron chi connectivity index (χ2n) is 4.28. The molecule has 0 aliphatic carbocycles. The minimum Gasteiger partial charge on any atom is -0.295 e. The zero-order chi connectivity index (χ0) is 13.6. The summed E-state index contributed by atoms with van der Waals surface area (Å²) in [6.07, 6.45) is 7.86. The zero-order valence-corrected chi connectivity index (χ0v) is 11.1. The summed E-state index contributed by atoms with van der Waals surface area (Å²) in [5, 5.41) is 6.58. The van der Waals surface area contributed by atoms with Crippen LogP contribution in [0.3, 0.4) is 0 Å². The van der Waals surface area contributed by atoms with Crippen LogP contribution in [0.15, 0.2) is 29.8 Å². The Morgan fingerprint density at radius 3 is 2.74 bits per heavy atom. The highest BCUT2D eigenvalue weighted by atomic mass is 32.2. The molecule has 0 saturated heterocycles. The Bertz CT molecular complexity index is 849. The van der Waals surface area contributed by atoms with Crippen LogP contribution < -0.4 is 0 Å². The van der Waals surface area contributed by atoms with Crippen molar-refractivity contribution in [3.63, 3.8) is 0 Å². The standard InChI is InChI=1S/C11H11N5O2S/c1-7-6-16-9(8-3-13-14-4-8)5-12-10(16)11(15-7)19(2,17)18/h3-6H,1-2H3,(H,13,14). The van der Waals surface area contributed by atoms with Crippen molar-refractivity contribution in [2.24, 2.45) is 0 Å². The van der Waals surface area contributed by atoms with Gasteiger partial charge in [-0.1, -0.05) is 0 Å². The van der Waals surface area contributed by atoms with E-state index in [4.69, 9.17) is 0 Å². The Morgan fingerprint density at radius 1 is 1.32 bits per heavy atom. The smallest absolute Gasteiger partial charge is 0.198 e. The van der Waals surface area contributed by atoms with Crippen molar-refractivity contribution in [3.8, 4) is 11.3 Å². The minimum absolute atomic E-state index is 0.0118. The van der Waals surface area contributed by atoms with E-state index in [2.05, 4.69) is 20.2 Å². The first-order valence-corrected chi connectivity index (χ1v) is 7.40. The van der Waals surface area contributed by atoms with Gasteiger partial charge in [-0.25, -0.2) is 18.4 Å². The molecule has 0 aliphatic rings. The van der Waals surface area contributed by atoms with Gasteiger partial charge in [0.1, 0.15) is 0 Å². The second kappa shape index (κ2) is 3.89. The maximum Gasteiger partial charge on any atom is 0.198 e. The Kier molecular flexibility index (Phi) is 2.42. The molecule has 0 aliphatic heterocycles. The van der Waals surface area contributed by atoms with Crippen LogP contribution in [0.2, 0.25) is 0 Å². The Balaban J connectivity index is 2.40. The topological polar surface area (TPSA) is 93.0 Å². The van der Waals surface area contributed by atoms with Crippen molar-refractivity contribution in [3.05, 3.63) is 30.5 Å². The fourth-order valence-corrected chi connectivity index (χ4v) is 2.72. The number of H-pyrrole nitrogens is 1. The number of nitrogens with zero attached hydrogens (tertiary/aromatic N) is 4. The lowest BCUT2D eigenvalue weighted by molar-refractivity contribution is 0.598. The van der Waals surface area contributed by atoms with Crippen LogP contribution in [0.5, 0.6) is 0 Å². The Labute approximate surface area is 109 Å². The summed E-state index contributed by atoms with van der Waals surface area (Å²) < 4.78 is 25.2. The molecular formula is C11H11N5O2S. The number of hydrogen-bond donors (Lipinski definition) is 1. The monoisotopic (exact) mass is 277 g/mol. The Hall–Kier alpha value is -2.22. The van der Waals surface area contributed by atoms with Crippen molar-refractivity contribution in [1.82, 2.24) is 24.6 Å². The molecule has 0 spiro atoms. The average molecular weight is 277 g/mol.